The molecule has 0 aliphatic carbocycles. The maximum Gasteiger partial charge on any atom is 0.328 e. The Morgan fingerprint density at radius 1 is 1.23 bits per heavy atom. The van der Waals surface area contributed by atoms with Crippen molar-refractivity contribution >= 4 is 18.0 Å². The molecule has 0 aromatic heterocycles. The van der Waals surface area contributed by atoms with Crippen molar-refractivity contribution in [1.82, 2.24) is 5.32 Å². The van der Waals surface area contributed by atoms with E-state index in [1.54, 1.807) is 13.2 Å². The molecular formula is C17H23NO4. The number of carbonyl (C=O) groups excluding carboxylic acids is 2. The number of ether oxygens (including phenoxy) is 2. The van der Waals surface area contributed by atoms with Gasteiger partial charge in [0.1, 0.15) is 11.8 Å². The molecule has 1 atom stereocenters. The average molecular weight is 305 g/mol. The van der Waals surface area contributed by atoms with Crippen LogP contribution in [0.2, 0.25) is 0 Å². The third kappa shape index (κ3) is 5.60. The van der Waals surface area contributed by atoms with Gasteiger partial charge in [-0.1, -0.05) is 32.0 Å². The summed E-state index contributed by atoms with van der Waals surface area (Å²) in [6.45, 7) is 3.96. The maximum atomic E-state index is 12.0. The highest BCUT2D eigenvalue weighted by Crippen LogP contribution is 2.18. The molecule has 22 heavy (non-hydrogen) atoms. The predicted molar refractivity (Wildman–Crippen MR) is 85.4 cm³/mol. The Hall–Kier alpha value is -2.30. The van der Waals surface area contributed by atoms with Gasteiger partial charge in [0.25, 0.3) is 0 Å². The second kappa shape index (κ2) is 8.87. The van der Waals surface area contributed by atoms with Gasteiger partial charge in [0, 0.05) is 11.6 Å². The van der Waals surface area contributed by atoms with E-state index in [-0.39, 0.29) is 11.8 Å². The van der Waals surface area contributed by atoms with Gasteiger partial charge >= 0.3 is 5.97 Å². The number of hydrogen-bond acceptors (Lipinski definition) is 4. The van der Waals surface area contributed by atoms with Gasteiger partial charge in [-0.3, -0.25) is 4.79 Å². The van der Waals surface area contributed by atoms with Crippen molar-refractivity contribution in [2.75, 3.05) is 14.2 Å². The Labute approximate surface area is 131 Å². The monoisotopic (exact) mass is 305 g/mol. The quantitative estimate of drug-likeness (QED) is 0.620. The summed E-state index contributed by atoms with van der Waals surface area (Å²) >= 11 is 0. The Balaban J connectivity index is 2.74. The molecule has 1 unspecified atom stereocenters. The van der Waals surface area contributed by atoms with Gasteiger partial charge in [-0.2, -0.15) is 0 Å². The number of carbonyl (C=O) groups is 2. The van der Waals surface area contributed by atoms with Gasteiger partial charge in [-0.25, -0.2) is 4.79 Å². The van der Waals surface area contributed by atoms with Crippen LogP contribution in [0.25, 0.3) is 6.08 Å². The summed E-state index contributed by atoms with van der Waals surface area (Å²) in [4.78, 5) is 23.7. The van der Waals surface area contributed by atoms with E-state index in [1.165, 1.54) is 13.2 Å². The summed E-state index contributed by atoms with van der Waals surface area (Å²) in [5.41, 5.74) is 0.790. The maximum absolute atomic E-state index is 12.0. The van der Waals surface area contributed by atoms with Crippen LogP contribution in [-0.4, -0.2) is 32.1 Å². The molecule has 0 spiro atoms. The van der Waals surface area contributed by atoms with Gasteiger partial charge in [0.05, 0.1) is 14.2 Å². The number of methoxy groups -OCH3 is 2. The third-order valence-electron chi connectivity index (χ3n) is 3.06. The molecule has 1 N–H and O–H groups in total. The van der Waals surface area contributed by atoms with E-state index in [1.807, 2.05) is 38.1 Å². The van der Waals surface area contributed by atoms with Crippen molar-refractivity contribution in [2.24, 2.45) is 5.92 Å². The number of benzene rings is 1. The molecule has 120 valence electrons. The first-order valence-electron chi connectivity index (χ1n) is 7.17. The summed E-state index contributed by atoms with van der Waals surface area (Å²) in [6, 6.07) is 6.73. The first-order chi connectivity index (χ1) is 10.5. The summed E-state index contributed by atoms with van der Waals surface area (Å²) in [5, 5.41) is 2.67. The molecule has 1 aromatic rings. The van der Waals surface area contributed by atoms with Crippen LogP contribution in [0.4, 0.5) is 0 Å². The van der Waals surface area contributed by atoms with Gasteiger partial charge in [-0.05, 0) is 24.5 Å². The van der Waals surface area contributed by atoms with Crippen molar-refractivity contribution in [3.63, 3.8) is 0 Å². The number of rotatable bonds is 7. The first-order valence-corrected chi connectivity index (χ1v) is 7.17. The lowest BCUT2D eigenvalue weighted by Gasteiger charge is -2.17. The number of nitrogens with one attached hydrogen (secondary N) is 1. The van der Waals surface area contributed by atoms with Gasteiger partial charge < -0.3 is 14.8 Å². The normalized spacial score (nSPS) is 12.2. The zero-order valence-electron chi connectivity index (χ0n) is 13.5. The van der Waals surface area contributed by atoms with E-state index in [0.29, 0.717) is 12.2 Å². The molecule has 0 saturated carbocycles. The van der Waals surface area contributed by atoms with E-state index in [2.05, 4.69) is 5.32 Å². The molecule has 0 fully saturated rings. The van der Waals surface area contributed by atoms with E-state index in [0.717, 1.165) is 5.56 Å². The van der Waals surface area contributed by atoms with Crippen LogP contribution in [0.1, 0.15) is 25.8 Å². The highest BCUT2D eigenvalue weighted by atomic mass is 16.5. The zero-order valence-corrected chi connectivity index (χ0v) is 13.5. The van der Waals surface area contributed by atoms with Gasteiger partial charge in [0.15, 0.2) is 0 Å². The number of hydrogen-bond donors (Lipinski definition) is 1. The minimum absolute atomic E-state index is 0.266. The lowest BCUT2D eigenvalue weighted by molar-refractivity contribution is -0.145. The molecule has 5 nitrogen and oxygen atoms in total. The Kier molecular flexibility index (Phi) is 7.16. The summed E-state index contributed by atoms with van der Waals surface area (Å²) in [7, 11) is 2.88. The molecule has 0 heterocycles. The lowest BCUT2D eigenvalue weighted by atomic mass is 10.0. The fourth-order valence-electron chi connectivity index (χ4n) is 2.02. The molecule has 0 bridgehead atoms. The molecule has 5 heteroatoms. The molecule has 1 amide bonds. The van der Waals surface area contributed by atoms with Crippen LogP contribution in [0, 0.1) is 5.92 Å². The minimum Gasteiger partial charge on any atom is -0.496 e. The van der Waals surface area contributed by atoms with E-state index >= 15 is 0 Å². The van der Waals surface area contributed by atoms with Gasteiger partial charge in [-0.15, -0.1) is 0 Å². The molecule has 1 rings (SSSR count). The highest BCUT2D eigenvalue weighted by molar-refractivity contribution is 5.94. The molecule has 0 radical (unpaired) electrons. The zero-order chi connectivity index (χ0) is 16.5. The van der Waals surface area contributed by atoms with Crippen molar-refractivity contribution < 1.29 is 19.1 Å². The van der Waals surface area contributed by atoms with Crippen molar-refractivity contribution in [2.45, 2.75) is 26.3 Å². The van der Waals surface area contributed by atoms with Crippen molar-refractivity contribution in [1.29, 1.82) is 0 Å². The summed E-state index contributed by atoms with van der Waals surface area (Å²) < 4.78 is 9.93. The molecule has 0 aliphatic rings. The highest BCUT2D eigenvalue weighted by Gasteiger charge is 2.21. The lowest BCUT2D eigenvalue weighted by Crippen LogP contribution is -2.41. The van der Waals surface area contributed by atoms with Crippen molar-refractivity contribution in [3.8, 4) is 5.75 Å². The van der Waals surface area contributed by atoms with Crippen LogP contribution >= 0.6 is 0 Å². The van der Waals surface area contributed by atoms with E-state index in [4.69, 9.17) is 9.47 Å². The average Bonchev–Trinajstić information content (AvgIpc) is 2.51. The van der Waals surface area contributed by atoms with E-state index in [9.17, 15) is 9.59 Å². The Bertz CT molecular complexity index is 537. The molecule has 0 aliphatic heterocycles. The number of para-hydroxylation sites is 1. The minimum atomic E-state index is -0.639. The van der Waals surface area contributed by atoms with Crippen LogP contribution < -0.4 is 10.1 Å². The fourth-order valence-corrected chi connectivity index (χ4v) is 2.02. The summed E-state index contributed by atoms with van der Waals surface area (Å²) in [5.74, 6) is 0.163. The fraction of sp³-hybridized carbons (Fsp3) is 0.412. The number of esters is 1. The second-order valence-corrected chi connectivity index (χ2v) is 5.29. The molecule has 0 saturated heterocycles. The van der Waals surface area contributed by atoms with Gasteiger partial charge in [0.2, 0.25) is 5.91 Å². The topological polar surface area (TPSA) is 64.6 Å². The standard InChI is InChI=1S/C17H23NO4/c1-12(2)11-14(17(20)22-4)18-16(19)10-9-13-7-5-6-8-15(13)21-3/h5-10,12,14H,11H2,1-4H3,(H,18,19). The summed E-state index contributed by atoms with van der Waals surface area (Å²) in [6.07, 6.45) is 3.56. The smallest absolute Gasteiger partial charge is 0.328 e. The molecular weight excluding hydrogens is 282 g/mol. The number of amides is 1. The van der Waals surface area contributed by atoms with Crippen LogP contribution in [0.5, 0.6) is 5.75 Å². The van der Waals surface area contributed by atoms with Crippen LogP contribution in [0.15, 0.2) is 30.3 Å². The SMILES string of the molecule is COC(=O)C(CC(C)C)NC(=O)C=Cc1ccccc1OC. The Morgan fingerprint density at radius 2 is 1.91 bits per heavy atom. The largest absolute Gasteiger partial charge is 0.496 e. The predicted octanol–water partition coefficient (Wildman–Crippen LogP) is 2.41. The molecule has 1 aromatic carbocycles. The van der Waals surface area contributed by atoms with Crippen LogP contribution in [-0.2, 0) is 14.3 Å². The van der Waals surface area contributed by atoms with Crippen LogP contribution in [0.3, 0.4) is 0 Å². The third-order valence-corrected chi connectivity index (χ3v) is 3.06. The Morgan fingerprint density at radius 3 is 2.50 bits per heavy atom. The second-order valence-electron chi connectivity index (χ2n) is 5.29. The first kappa shape index (κ1) is 17.8. The van der Waals surface area contributed by atoms with Crippen molar-refractivity contribution in [3.05, 3.63) is 35.9 Å². The van der Waals surface area contributed by atoms with E-state index < -0.39 is 12.0 Å².